The van der Waals surface area contributed by atoms with Gasteiger partial charge in [0, 0.05) is 19.8 Å². The lowest BCUT2D eigenvalue weighted by Crippen LogP contribution is -2.40. The molecule has 0 amide bonds. The Morgan fingerprint density at radius 2 is 1.76 bits per heavy atom. The molecular formula is C14H31NO2. The van der Waals surface area contributed by atoms with E-state index in [0.717, 1.165) is 19.6 Å². The first-order chi connectivity index (χ1) is 8.02. The van der Waals surface area contributed by atoms with Crippen LogP contribution in [0.2, 0.25) is 0 Å². The van der Waals surface area contributed by atoms with E-state index < -0.39 is 0 Å². The van der Waals surface area contributed by atoms with Crippen LogP contribution in [0.1, 0.15) is 47.0 Å². The molecule has 0 rings (SSSR count). The molecule has 0 aromatic heterocycles. The van der Waals surface area contributed by atoms with Crippen molar-refractivity contribution in [2.75, 3.05) is 33.5 Å². The minimum Gasteiger partial charge on any atom is -0.382 e. The third-order valence-electron chi connectivity index (χ3n) is 2.96. The maximum Gasteiger partial charge on any atom is 0.0700 e. The fourth-order valence-electron chi connectivity index (χ4n) is 1.88. The molecular weight excluding hydrogens is 214 g/mol. The molecule has 0 saturated heterocycles. The Hall–Kier alpha value is -0.120. The molecule has 0 saturated carbocycles. The van der Waals surface area contributed by atoms with Crippen LogP contribution in [0.4, 0.5) is 0 Å². The molecule has 1 N–H and O–H groups in total. The first-order valence-corrected chi connectivity index (χ1v) is 6.82. The van der Waals surface area contributed by atoms with Gasteiger partial charge in [-0.25, -0.2) is 0 Å². The van der Waals surface area contributed by atoms with E-state index in [1.165, 1.54) is 12.8 Å². The summed E-state index contributed by atoms with van der Waals surface area (Å²) in [7, 11) is 1.70. The first-order valence-electron chi connectivity index (χ1n) is 6.82. The van der Waals surface area contributed by atoms with E-state index in [2.05, 4.69) is 33.0 Å². The van der Waals surface area contributed by atoms with E-state index in [-0.39, 0.29) is 0 Å². The van der Waals surface area contributed by atoms with E-state index in [1.54, 1.807) is 7.11 Å². The molecule has 0 aromatic carbocycles. The number of methoxy groups -OCH3 is 1. The van der Waals surface area contributed by atoms with Crippen LogP contribution in [-0.2, 0) is 9.47 Å². The Balaban J connectivity index is 3.55. The quantitative estimate of drug-likeness (QED) is 0.600. The standard InChI is InChI=1S/C14H31NO2/c1-6-15-13(14(2,3)4)9-7-8-10-17-12-11-16-5/h13,15H,6-12H2,1-5H3. The summed E-state index contributed by atoms with van der Waals surface area (Å²) in [5.41, 5.74) is 0.340. The van der Waals surface area contributed by atoms with Gasteiger partial charge in [0.15, 0.2) is 0 Å². The summed E-state index contributed by atoms with van der Waals surface area (Å²) in [6.07, 6.45) is 3.59. The zero-order valence-corrected chi connectivity index (χ0v) is 12.3. The maximum atomic E-state index is 5.46. The summed E-state index contributed by atoms with van der Waals surface area (Å²) in [5, 5.41) is 3.57. The largest absolute Gasteiger partial charge is 0.382 e. The van der Waals surface area contributed by atoms with Crippen LogP contribution in [0.3, 0.4) is 0 Å². The summed E-state index contributed by atoms with van der Waals surface area (Å²) in [4.78, 5) is 0. The van der Waals surface area contributed by atoms with Crippen LogP contribution < -0.4 is 5.32 Å². The average Bonchev–Trinajstić information content (AvgIpc) is 2.25. The van der Waals surface area contributed by atoms with Gasteiger partial charge in [0.05, 0.1) is 13.2 Å². The summed E-state index contributed by atoms with van der Waals surface area (Å²) >= 11 is 0. The molecule has 3 heteroatoms. The highest BCUT2D eigenvalue weighted by molar-refractivity contribution is 4.79. The van der Waals surface area contributed by atoms with E-state index in [0.29, 0.717) is 24.7 Å². The van der Waals surface area contributed by atoms with E-state index in [1.807, 2.05) is 0 Å². The molecule has 0 heterocycles. The Morgan fingerprint density at radius 1 is 1.06 bits per heavy atom. The van der Waals surface area contributed by atoms with Crippen LogP contribution in [0.5, 0.6) is 0 Å². The van der Waals surface area contributed by atoms with Crippen molar-refractivity contribution in [3.63, 3.8) is 0 Å². The van der Waals surface area contributed by atoms with Gasteiger partial charge in [-0.3, -0.25) is 0 Å². The van der Waals surface area contributed by atoms with Gasteiger partial charge < -0.3 is 14.8 Å². The topological polar surface area (TPSA) is 30.5 Å². The predicted octanol–water partition coefficient (Wildman–Crippen LogP) is 2.84. The lowest BCUT2D eigenvalue weighted by Gasteiger charge is -2.31. The van der Waals surface area contributed by atoms with Crippen molar-refractivity contribution in [2.24, 2.45) is 5.41 Å². The third-order valence-corrected chi connectivity index (χ3v) is 2.96. The second-order valence-electron chi connectivity index (χ2n) is 5.58. The highest BCUT2D eigenvalue weighted by atomic mass is 16.5. The molecule has 104 valence electrons. The fourth-order valence-corrected chi connectivity index (χ4v) is 1.88. The SMILES string of the molecule is CCNC(CCCCOCCOC)C(C)(C)C. The van der Waals surface area contributed by atoms with Crippen molar-refractivity contribution in [3.8, 4) is 0 Å². The van der Waals surface area contributed by atoms with Crippen molar-refractivity contribution in [3.05, 3.63) is 0 Å². The Bertz CT molecular complexity index is 166. The summed E-state index contributed by atoms with van der Waals surface area (Å²) in [6, 6.07) is 0.603. The normalized spacial score (nSPS) is 13.9. The molecule has 0 aliphatic carbocycles. The molecule has 0 bridgehead atoms. The third kappa shape index (κ3) is 9.57. The van der Waals surface area contributed by atoms with Crippen LogP contribution in [-0.4, -0.2) is 39.5 Å². The summed E-state index contributed by atoms with van der Waals surface area (Å²) in [5.74, 6) is 0. The number of rotatable bonds is 10. The molecule has 0 spiro atoms. The van der Waals surface area contributed by atoms with Gasteiger partial charge >= 0.3 is 0 Å². The molecule has 0 aliphatic heterocycles. The number of ether oxygens (including phenoxy) is 2. The second-order valence-corrected chi connectivity index (χ2v) is 5.58. The van der Waals surface area contributed by atoms with Crippen LogP contribution >= 0.6 is 0 Å². The molecule has 1 unspecified atom stereocenters. The maximum absolute atomic E-state index is 5.46. The van der Waals surface area contributed by atoms with E-state index >= 15 is 0 Å². The molecule has 0 radical (unpaired) electrons. The lowest BCUT2D eigenvalue weighted by atomic mass is 9.84. The number of hydrogen-bond acceptors (Lipinski definition) is 3. The average molecular weight is 245 g/mol. The lowest BCUT2D eigenvalue weighted by molar-refractivity contribution is 0.0678. The Labute approximate surface area is 107 Å². The predicted molar refractivity (Wildman–Crippen MR) is 73.5 cm³/mol. The minimum absolute atomic E-state index is 0.340. The van der Waals surface area contributed by atoms with E-state index in [4.69, 9.17) is 9.47 Å². The second kappa shape index (κ2) is 9.86. The van der Waals surface area contributed by atoms with Crippen LogP contribution in [0.25, 0.3) is 0 Å². The van der Waals surface area contributed by atoms with Gasteiger partial charge in [-0.2, -0.15) is 0 Å². The minimum atomic E-state index is 0.340. The van der Waals surface area contributed by atoms with Gasteiger partial charge in [0.1, 0.15) is 0 Å². The van der Waals surface area contributed by atoms with Crippen molar-refractivity contribution in [1.82, 2.24) is 5.32 Å². The highest BCUT2D eigenvalue weighted by Crippen LogP contribution is 2.23. The molecule has 0 aromatic rings. The fraction of sp³-hybridized carbons (Fsp3) is 1.00. The smallest absolute Gasteiger partial charge is 0.0700 e. The first kappa shape index (κ1) is 16.9. The summed E-state index contributed by atoms with van der Waals surface area (Å²) in [6.45, 7) is 12.4. The monoisotopic (exact) mass is 245 g/mol. The molecule has 1 atom stereocenters. The Morgan fingerprint density at radius 3 is 2.29 bits per heavy atom. The van der Waals surface area contributed by atoms with Crippen molar-refractivity contribution in [1.29, 1.82) is 0 Å². The van der Waals surface area contributed by atoms with Gasteiger partial charge in [0.2, 0.25) is 0 Å². The van der Waals surface area contributed by atoms with Gasteiger partial charge in [-0.15, -0.1) is 0 Å². The highest BCUT2D eigenvalue weighted by Gasteiger charge is 2.22. The number of nitrogens with one attached hydrogen (secondary N) is 1. The van der Waals surface area contributed by atoms with Crippen LogP contribution in [0.15, 0.2) is 0 Å². The zero-order valence-electron chi connectivity index (χ0n) is 12.3. The van der Waals surface area contributed by atoms with Gasteiger partial charge in [-0.1, -0.05) is 27.7 Å². The molecule has 0 fully saturated rings. The molecule has 0 aliphatic rings. The summed E-state index contributed by atoms with van der Waals surface area (Å²) < 4.78 is 10.4. The van der Waals surface area contributed by atoms with Crippen molar-refractivity contribution in [2.45, 2.75) is 53.0 Å². The van der Waals surface area contributed by atoms with E-state index in [9.17, 15) is 0 Å². The van der Waals surface area contributed by atoms with Crippen molar-refractivity contribution < 1.29 is 9.47 Å². The molecule has 3 nitrogen and oxygen atoms in total. The van der Waals surface area contributed by atoms with Crippen molar-refractivity contribution >= 4 is 0 Å². The van der Waals surface area contributed by atoms with Crippen LogP contribution in [0, 0.1) is 5.41 Å². The number of unbranched alkanes of at least 4 members (excludes halogenated alkanes) is 1. The zero-order chi connectivity index (χ0) is 13.1. The Kier molecular flexibility index (Phi) is 9.79. The van der Waals surface area contributed by atoms with Gasteiger partial charge in [-0.05, 0) is 31.2 Å². The van der Waals surface area contributed by atoms with Gasteiger partial charge in [0.25, 0.3) is 0 Å². The number of hydrogen-bond donors (Lipinski definition) is 1. The molecule has 17 heavy (non-hydrogen) atoms.